The van der Waals surface area contributed by atoms with Gasteiger partial charge in [-0.05, 0) is 61.1 Å². The normalized spacial score (nSPS) is 11.2. The summed E-state index contributed by atoms with van der Waals surface area (Å²) in [7, 11) is 1.84. The number of unbranched alkanes of at least 4 members (excludes halogenated alkanes) is 1. The molecule has 0 radical (unpaired) electrons. The SMILES string of the molecule is C=C(C)/C(C#N)=C/c1ccn(C)n1.CCCCC(CCC)c1ccc(F)cc1.O=CO. The van der Waals surface area contributed by atoms with E-state index in [1.54, 1.807) is 29.8 Å². The highest BCUT2D eigenvalue weighted by molar-refractivity contribution is 5.60. The molecule has 0 spiro atoms. The maximum Gasteiger partial charge on any atom is 0.290 e. The first-order valence-electron chi connectivity index (χ1n) is 10.4. The van der Waals surface area contributed by atoms with E-state index < -0.39 is 0 Å². The number of aryl methyl sites for hydroxylation is 1. The van der Waals surface area contributed by atoms with Gasteiger partial charge in [-0.2, -0.15) is 10.4 Å². The van der Waals surface area contributed by atoms with Crippen molar-refractivity contribution in [2.45, 2.75) is 58.8 Å². The molecule has 168 valence electrons. The summed E-state index contributed by atoms with van der Waals surface area (Å²) in [6, 6.07) is 10.9. The Bertz CT molecular complexity index is 848. The molecule has 1 unspecified atom stereocenters. The van der Waals surface area contributed by atoms with Crippen LogP contribution in [0.3, 0.4) is 0 Å². The third-order valence-corrected chi connectivity index (χ3v) is 4.49. The van der Waals surface area contributed by atoms with Gasteiger partial charge in [0.2, 0.25) is 0 Å². The Balaban J connectivity index is 0.000000519. The molecular weight excluding hydrogens is 393 g/mol. The van der Waals surface area contributed by atoms with Crippen LogP contribution in [0.15, 0.2) is 54.3 Å². The zero-order valence-electron chi connectivity index (χ0n) is 19.0. The second kappa shape index (κ2) is 16.6. The number of carboxylic acid groups (broad SMARTS) is 1. The molecule has 0 aliphatic rings. The molecule has 2 aromatic rings. The van der Waals surface area contributed by atoms with E-state index in [0.717, 1.165) is 11.3 Å². The molecule has 1 heterocycles. The van der Waals surface area contributed by atoms with E-state index >= 15 is 0 Å². The summed E-state index contributed by atoms with van der Waals surface area (Å²) in [5.74, 6) is 0.486. The predicted octanol–water partition coefficient (Wildman–Crippen LogP) is 6.50. The minimum absolute atomic E-state index is 0.135. The van der Waals surface area contributed by atoms with Gasteiger partial charge in [-0.25, -0.2) is 4.39 Å². The number of nitriles is 1. The van der Waals surface area contributed by atoms with E-state index in [1.807, 2.05) is 31.4 Å². The first-order chi connectivity index (χ1) is 14.8. The van der Waals surface area contributed by atoms with Crippen molar-refractivity contribution in [1.29, 1.82) is 5.26 Å². The number of hydrogen-bond donors (Lipinski definition) is 1. The molecule has 1 aromatic heterocycles. The number of rotatable bonds is 8. The first kappa shape index (κ1) is 27.8. The van der Waals surface area contributed by atoms with E-state index in [9.17, 15) is 4.39 Å². The van der Waals surface area contributed by atoms with Crippen LogP contribution in [0.5, 0.6) is 0 Å². The van der Waals surface area contributed by atoms with E-state index in [2.05, 4.69) is 31.6 Å². The van der Waals surface area contributed by atoms with Gasteiger partial charge < -0.3 is 5.11 Å². The lowest BCUT2D eigenvalue weighted by atomic mass is 9.90. The summed E-state index contributed by atoms with van der Waals surface area (Å²) < 4.78 is 14.5. The van der Waals surface area contributed by atoms with Gasteiger partial charge in [-0.15, -0.1) is 0 Å². The van der Waals surface area contributed by atoms with Gasteiger partial charge in [-0.3, -0.25) is 9.48 Å². The molecule has 1 aromatic carbocycles. The van der Waals surface area contributed by atoms with Gasteiger partial charge in [-0.1, -0.05) is 51.8 Å². The molecule has 0 saturated heterocycles. The molecule has 0 aliphatic heterocycles. The molecule has 0 fully saturated rings. The number of hydrogen-bond acceptors (Lipinski definition) is 3. The van der Waals surface area contributed by atoms with Crippen molar-refractivity contribution >= 4 is 12.5 Å². The van der Waals surface area contributed by atoms with Gasteiger partial charge in [0, 0.05) is 13.2 Å². The molecule has 0 aliphatic carbocycles. The summed E-state index contributed by atoms with van der Waals surface area (Å²) in [6.07, 6.45) is 9.71. The Kier molecular flexibility index (Phi) is 14.9. The van der Waals surface area contributed by atoms with Crippen LogP contribution in [0.1, 0.15) is 70.1 Å². The Morgan fingerprint density at radius 2 is 1.87 bits per heavy atom. The zero-order chi connectivity index (χ0) is 23.6. The summed E-state index contributed by atoms with van der Waals surface area (Å²) in [5, 5.41) is 19.8. The zero-order valence-corrected chi connectivity index (χ0v) is 19.0. The molecule has 0 saturated carbocycles. The van der Waals surface area contributed by atoms with Gasteiger partial charge in [0.15, 0.2) is 0 Å². The highest BCUT2D eigenvalue weighted by Gasteiger charge is 2.09. The van der Waals surface area contributed by atoms with Crippen molar-refractivity contribution in [2.24, 2.45) is 7.05 Å². The number of halogens is 1. The molecular formula is C25H34FN3O2. The van der Waals surface area contributed by atoms with E-state index in [0.29, 0.717) is 11.5 Å². The molecule has 0 bridgehead atoms. The predicted molar refractivity (Wildman–Crippen MR) is 124 cm³/mol. The van der Waals surface area contributed by atoms with Crippen LogP contribution in [0.4, 0.5) is 4.39 Å². The Morgan fingerprint density at radius 1 is 1.26 bits per heavy atom. The second-order valence-corrected chi connectivity index (χ2v) is 7.15. The number of aromatic nitrogens is 2. The summed E-state index contributed by atoms with van der Waals surface area (Å²) >= 11 is 0. The second-order valence-electron chi connectivity index (χ2n) is 7.15. The number of benzene rings is 1. The molecule has 1 N–H and O–H groups in total. The smallest absolute Gasteiger partial charge is 0.290 e. The summed E-state index contributed by atoms with van der Waals surface area (Å²) in [5.41, 5.74) is 3.40. The fraction of sp³-hybridized carbons (Fsp3) is 0.400. The van der Waals surface area contributed by atoms with Crippen molar-refractivity contribution in [2.75, 3.05) is 0 Å². The number of carbonyl (C=O) groups is 1. The Hall–Kier alpha value is -3.20. The molecule has 2 rings (SSSR count). The lowest BCUT2D eigenvalue weighted by Crippen LogP contribution is -1.98. The average Bonchev–Trinajstić information content (AvgIpc) is 3.15. The van der Waals surface area contributed by atoms with Crippen LogP contribution < -0.4 is 0 Å². The fourth-order valence-corrected chi connectivity index (χ4v) is 2.92. The highest BCUT2D eigenvalue weighted by atomic mass is 19.1. The van der Waals surface area contributed by atoms with Gasteiger partial charge in [0.05, 0.1) is 17.3 Å². The van der Waals surface area contributed by atoms with E-state index in [1.165, 1.54) is 37.7 Å². The number of nitrogens with zero attached hydrogens (tertiary/aromatic N) is 3. The molecule has 31 heavy (non-hydrogen) atoms. The third-order valence-electron chi connectivity index (χ3n) is 4.49. The molecule has 5 nitrogen and oxygen atoms in total. The minimum atomic E-state index is -0.250. The quantitative estimate of drug-likeness (QED) is 0.296. The Labute approximate surface area is 185 Å². The monoisotopic (exact) mass is 427 g/mol. The van der Waals surface area contributed by atoms with Gasteiger partial charge >= 0.3 is 0 Å². The highest BCUT2D eigenvalue weighted by Crippen LogP contribution is 2.26. The molecule has 1 atom stereocenters. The van der Waals surface area contributed by atoms with Crippen molar-refractivity contribution < 1.29 is 14.3 Å². The van der Waals surface area contributed by atoms with E-state index in [-0.39, 0.29) is 12.3 Å². The first-order valence-corrected chi connectivity index (χ1v) is 10.4. The van der Waals surface area contributed by atoms with Crippen LogP contribution in [-0.4, -0.2) is 21.4 Å². The van der Waals surface area contributed by atoms with Crippen molar-refractivity contribution in [3.8, 4) is 6.07 Å². The standard InChI is InChI=1S/C14H21F.C10H11N3.CH2O2/c1-3-5-7-12(6-4-2)13-8-10-14(15)11-9-13;1-8(2)9(7-11)6-10-4-5-13(3)12-10;2-1-3/h8-12H,3-7H2,1-2H3;4-6H,1H2,2-3H3;1H,(H,2,3)/b;9-6+;. The lowest BCUT2D eigenvalue weighted by molar-refractivity contribution is -0.122. The van der Waals surface area contributed by atoms with Crippen molar-refractivity contribution in [3.05, 3.63) is 71.3 Å². The molecule has 0 amide bonds. The minimum Gasteiger partial charge on any atom is -0.483 e. The van der Waals surface area contributed by atoms with Crippen LogP contribution in [0, 0.1) is 17.1 Å². The van der Waals surface area contributed by atoms with Crippen LogP contribution in [0.2, 0.25) is 0 Å². The number of allylic oxidation sites excluding steroid dienone is 2. The van der Waals surface area contributed by atoms with Crippen LogP contribution in [-0.2, 0) is 11.8 Å². The van der Waals surface area contributed by atoms with Gasteiger partial charge in [0.25, 0.3) is 6.47 Å². The van der Waals surface area contributed by atoms with Crippen molar-refractivity contribution in [3.63, 3.8) is 0 Å². The largest absolute Gasteiger partial charge is 0.483 e. The van der Waals surface area contributed by atoms with Crippen LogP contribution in [0.25, 0.3) is 6.08 Å². The fourth-order valence-electron chi connectivity index (χ4n) is 2.92. The molecule has 6 heteroatoms. The maximum absolute atomic E-state index is 12.8. The summed E-state index contributed by atoms with van der Waals surface area (Å²) in [4.78, 5) is 8.36. The topological polar surface area (TPSA) is 78.9 Å². The van der Waals surface area contributed by atoms with E-state index in [4.69, 9.17) is 15.2 Å². The third kappa shape index (κ3) is 12.2. The lowest BCUT2D eigenvalue weighted by Gasteiger charge is -2.16. The average molecular weight is 428 g/mol. The maximum atomic E-state index is 12.8. The van der Waals surface area contributed by atoms with Crippen molar-refractivity contribution in [1.82, 2.24) is 9.78 Å². The summed E-state index contributed by atoms with van der Waals surface area (Å²) in [6.45, 7) is 9.68. The van der Waals surface area contributed by atoms with Crippen LogP contribution >= 0.6 is 0 Å². The van der Waals surface area contributed by atoms with Gasteiger partial charge in [0.1, 0.15) is 5.82 Å². The Morgan fingerprint density at radius 3 is 2.29 bits per heavy atom.